The van der Waals surface area contributed by atoms with E-state index >= 15 is 0 Å². The number of likely N-dealkylation sites (N-methyl/N-ethyl adjacent to an activating group) is 1. The Morgan fingerprint density at radius 1 is 1.24 bits per heavy atom. The summed E-state index contributed by atoms with van der Waals surface area (Å²) in [6.45, 7) is 0. The molecule has 6 heteroatoms. The summed E-state index contributed by atoms with van der Waals surface area (Å²) in [6.07, 6.45) is 1.91. The molecule has 0 aromatic rings. The van der Waals surface area contributed by atoms with Crippen LogP contribution < -0.4 is 0 Å². The molecule has 0 aromatic heterocycles. The van der Waals surface area contributed by atoms with E-state index in [1.54, 1.807) is 0 Å². The second-order valence-corrected chi connectivity index (χ2v) is 7.30. The molecular weight excluding hydrogens is 242 g/mol. The van der Waals surface area contributed by atoms with Crippen LogP contribution in [0.4, 0.5) is 0 Å². The molecule has 0 spiro atoms. The van der Waals surface area contributed by atoms with Crippen LogP contribution in [0.25, 0.3) is 0 Å². The Kier molecular flexibility index (Phi) is 3.56. The molecule has 5 nitrogen and oxygen atoms in total. The van der Waals surface area contributed by atoms with Crippen LogP contribution >= 0.6 is 0 Å². The Balaban J connectivity index is 2.00. The summed E-state index contributed by atoms with van der Waals surface area (Å²) in [5.41, 5.74) is 0. The van der Waals surface area contributed by atoms with Gasteiger partial charge in [-0.2, -0.15) is 0 Å². The minimum atomic E-state index is -3.10. The molecule has 98 valence electrons. The van der Waals surface area contributed by atoms with Crippen molar-refractivity contribution in [3.63, 3.8) is 0 Å². The van der Waals surface area contributed by atoms with Gasteiger partial charge in [-0.05, 0) is 19.9 Å². The molecule has 0 radical (unpaired) electrons. The Morgan fingerprint density at radius 2 is 1.82 bits per heavy atom. The van der Waals surface area contributed by atoms with E-state index < -0.39 is 15.9 Å². The lowest BCUT2D eigenvalue weighted by Crippen LogP contribution is -2.47. The van der Waals surface area contributed by atoms with Crippen molar-refractivity contribution in [2.45, 2.75) is 43.9 Å². The molecule has 2 atom stereocenters. The van der Waals surface area contributed by atoms with Crippen LogP contribution in [0.2, 0.25) is 0 Å². The maximum atomic E-state index is 11.4. The van der Waals surface area contributed by atoms with E-state index in [4.69, 9.17) is 0 Å². The molecule has 2 fully saturated rings. The Morgan fingerprint density at radius 3 is 2.29 bits per heavy atom. The number of ketones is 1. The van der Waals surface area contributed by atoms with Gasteiger partial charge in [0.15, 0.2) is 9.84 Å². The molecule has 0 bridgehead atoms. The smallest absolute Gasteiger partial charge is 0.154 e. The standard InChI is InChI=1S/C11H19NO4S/c1-12(8-2-4-9(13)5-3-8)10-6-17(15,16)7-11(10)14/h8,10-11,14H,2-7H2,1H3. The zero-order valence-corrected chi connectivity index (χ0v) is 10.8. The molecule has 1 saturated heterocycles. The van der Waals surface area contributed by atoms with Gasteiger partial charge in [0.05, 0.1) is 23.7 Å². The van der Waals surface area contributed by atoms with Crippen molar-refractivity contribution in [2.75, 3.05) is 18.6 Å². The van der Waals surface area contributed by atoms with Gasteiger partial charge < -0.3 is 5.11 Å². The number of hydrogen-bond donors (Lipinski definition) is 1. The Labute approximate surface area is 102 Å². The summed E-state index contributed by atoms with van der Waals surface area (Å²) in [7, 11) is -1.24. The van der Waals surface area contributed by atoms with E-state index in [0.717, 1.165) is 12.8 Å². The van der Waals surface area contributed by atoms with Gasteiger partial charge in [0, 0.05) is 18.9 Å². The number of hydrogen-bond acceptors (Lipinski definition) is 5. The molecule has 1 saturated carbocycles. The van der Waals surface area contributed by atoms with Crippen molar-refractivity contribution in [2.24, 2.45) is 0 Å². The number of rotatable bonds is 2. The predicted molar refractivity (Wildman–Crippen MR) is 63.5 cm³/mol. The maximum Gasteiger partial charge on any atom is 0.154 e. The number of carbonyl (C=O) groups is 1. The monoisotopic (exact) mass is 261 g/mol. The lowest BCUT2D eigenvalue weighted by atomic mass is 9.92. The third-order valence-corrected chi connectivity index (χ3v) is 5.60. The summed E-state index contributed by atoms with van der Waals surface area (Å²) in [5.74, 6) is 0.192. The summed E-state index contributed by atoms with van der Waals surface area (Å²) in [5, 5.41) is 9.79. The van der Waals surface area contributed by atoms with Crippen molar-refractivity contribution in [1.29, 1.82) is 0 Å². The highest BCUT2D eigenvalue weighted by Gasteiger charge is 2.41. The van der Waals surface area contributed by atoms with E-state index in [2.05, 4.69) is 0 Å². The molecule has 2 rings (SSSR count). The first-order valence-electron chi connectivity index (χ1n) is 6.01. The van der Waals surface area contributed by atoms with Crippen molar-refractivity contribution in [1.82, 2.24) is 4.90 Å². The number of sulfone groups is 1. The highest BCUT2D eigenvalue weighted by molar-refractivity contribution is 7.91. The first-order valence-corrected chi connectivity index (χ1v) is 7.83. The zero-order valence-electron chi connectivity index (χ0n) is 10.0. The van der Waals surface area contributed by atoms with Gasteiger partial charge in [-0.3, -0.25) is 9.69 Å². The minimum absolute atomic E-state index is 0.0368. The van der Waals surface area contributed by atoms with Crippen LogP contribution in [0.15, 0.2) is 0 Å². The number of aliphatic hydroxyl groups is 1. The fourth-order valence-electron chi connectivity index (χ4n) is 2.80. The first-order chi connectivity index (χ1) is 7.89. The summed E-state index contributed by atoms with van der Waals surface area (Å²) in [6, 6.07) is -0.0844. The van der Waals surface area contributed by atoms with Crippen LogP contribution in [-0.2, 0) is 14.6 Å². The van der Waals surface area contributed by atoms with Gasteiger partial charge in [-0.25, -0.2) is 8.42 Å². The van der Waals surface area contributed by atoms with Gasteiger partial charge in [-0.1, -0.05) is 0 Å². The number of aliphatic hydroxyl groups excluding tert-OH is 1. The van der Waals surface area contributed by atoms with Crippen molar-refractivity contribution in [3.05, 3.63) is 0 Å². The van der Waals surface area contributed by atoms with Crippen LogP contribution in [0, 0.1) is 0 Å². The number of Topliss-reactive ketones (excluding diaryl/α,β-unsaturated/α-hetero) is 1. The lowest BCUT2D eigenvalue weighted by molar-refractivity contribution is -0.121. The molecule has 0 aromatic carbocycles. The highest BCUT2D eigenvalue weighted by Crippen LogP contribution is 2.25. The van der Waals surface area contributed by atoms with E-state index in [1.165, 1.54) is 0 Å². The summed E-state index contributed by atoms with van der Waals surface area (Å²) in [4.78, 5) is 13.1. The third-order valence-electron chi connectivity index (χ3n) is 3.91. The van der Waals surface area contributed by atoms with Crippen LogP contribution in [0.3, 0.4) is 0 Å². The van der Waals surface area contributed by atoms with Crippen molar-refractivity contribution in [3.8, 4) is 0 Å². The van der Waals surface area contributed by atoms with Gasteiger partial charge in [0.1, 0.15) is 5.78 Å². The molecule has 1 aliphatic carbocycles. The average Bonchev–Trinajstić information content (AvgIpc) is 2.52. The number of nitrogens with zero attached hydrogens (tertiary/aromatic N) is 1. The second-order valence-electron chi connectivity index (χ2n) is 5.15. The average molecular weight is 261 g/mol. The topological polar surface area (TPSA) is 74.7 Å². The van der Waals surface area contributed by atoms with Gasteiger partial charge >= 0.3 is 0 Å². The first kappa shape index (κ1) is 13.0. The molecule has 17 heavy (non-hydrogen) atoms. The minimum Gasteiger partial charge on any atom is -0.390 e. The summed E-state index contributed by atoms with van der Waals surface area (Å²) >= 11 is 0. The normalized spacial score (nSPS) is 34.4. The lowest BCUT2D eigenvalue weighted by Gasteiger charge is -2.35. The third kappa shape index (κ3) is 2.86. The van der Waals surface area contributed by atoms with E-state index in [-0.39, 0.29) is 29.4 Å². The van der Waals surface area contributed by atoms with Crippen LogP contribution in [0.1, 0.15) is 25.7 Å². The molecule has 2 aliphatic rings. The fraction of sp³-hybridized carbons (Fsp3) is 0.909. The van der Waals surface area contributed by atoms with Crippen LogP contribution in [0.5, 0.6) is 0 Å². The van der Waals surface area contributed by atoms with E-state index in [0.29, 0.717) is 12.8 Å². The Bertz CT molecular complexity index is 396. The SMILES string of the molecule is CN(C1CCC(=O)CC1)C1CS(=O)(=O)CC1O. The molecule has 2 unspecified atom stereocenters. The Hall–Kier alpha value is -0.460. The predicted octanol–water partition coefficient (Wildman–Crippen LogP) is -0.412. The maximum absolute atomic E-state index is 11.4. The zero-order chi connectivity index (χ0) is 12.6. The molecule has 0 amide bonds. The molecular formula is C11H19NO4S. The van der Waals surface area contributed by atoms with Crippen molar-refractivity contribution >= 4 is 15.6 Å². The van der Waals surface area contributed by atoms with Gasteiger partial charge in [-0.15, -0.1) is 0 Å². The quantitative estimate of drug-likeness (QED) is 0.731. The van der Waals surface area contributed by atoms with Gasteiger partial charge in [0.25, 0.3) is 0 Å². The summed E-state index contributed by atoms with van der Waals surface area (Å²) < 4.78 is 22.9. The van der Waals surface area contributed by atoms with Crippen molar-refractivity contribution < 1.29 is 18.3 Å². The second kappa shape index (κ2) is 4.66. The fourth-order valence-corrected chi connectivity index (χ4v) is 4.66. The largest absolute Gasteiger partial charge is 0.390 e. The van der Waals surface area contributed by atoms with Gasteiger partial charge in [0.2, 0.25) is 0 Å². The molecule has 1 N–H and O–H groups in total. The molecule has 1 heterocycles. The number of carbonyl (C=O) groups excluding carboxylic acids is 1. The van der Waals surface area contributed by atoms with E-state index in [1.807, 2.05) is 11.9 Å². The molecule has 1 aliphatic heterocycles. The highest BCUT2D eigenvalue weighted by atomic mass is 32.2. The van der Waals surface area contributed by atoms with E-state index in [9.17, 15) is 18.3 Å². The van der Waals surface area contributed by atoms with Crippen LogP contribution in [-0.4, -0.2) is 60.9 Å².